The molecule has 0 saturated heterocycles. The first-order valence-electron chi connectivity index (χ1n) is 6.84. The molecule has 2 amide bonds. The van der Waals surface area contributed by atoms with E-state index in [4.69, 9.17) is 0 Å². The quantitative estimate of drug-likeness (QED) is 0.705. The molecule has 1 aromatic carbocycles. The number of para-hydroxylation sites is 1. The van der Waals surface area contributed by atoms with Crippen molar-refractivity contribution in [1.82, 2.24) is 20.0 Å². The predicted octanol–water partition coefficient (Wildman–Crippen LogP) is 1.59. The zero-order valence-electron chi connectivity index (χ0n) is 12.3. The number of nitrogens with one attached hydrogen (secondary N) is 2. The summed E-state index contributed by atoms with van der Waals surface area (Å²) in [4.78, 5) is 24.2. The number of carbonyl (C=O) groups excluding carboxylic acids is 2. The molecule has 6 heteroatoms. The molecule has 3 rings (SSSR count). The van der Waals surface area contributed by atoms with Crippen LogP contribution in [0.15, 0.2) is 48.7 Å². The van der Waals surface area contributed by atoms with Gasteiger partial charge < -0.3 is 9.13 Å². The van der Waals surface area contributed by atoms with Gasteiger partial charge in [-0.25, -0.2) is 0 Å². The number of rotatable bonds is 2. The molecule has 112 valence electrons. The van der Waals surface area contributed by atoms with E-state index >= 15 is 0 Å². The summed E-state index contributed by atoms with van der Waals surface area (Å²) < 4.78 is 3.47. The summed E-state index contributed by atoms with van der Waals surface area (Å²) in [5.74, 6) is -0.721. The molecule has 0 bridgehead atoms. The topological polar surface area (TPSA) is 68.1 Å². The molecule has 22 heavy (non-hydrogen) atoms. The summed E-state index contributed by atoms with van der Waals surface area (Å²) in [6, 6.07) is 12.9. The van der Waals surface area contributed by atoms with Crippen LogP contribution in [0.2, 0.25) is 0 Å². The third kappa shape index (κ3) is 2.35. The monoisotopic (exact) mass is 296 g/mol. The van der Waals surface area contributed by atoms with Gasteiger partial charge in [0.1, 0.15) is 11.4 Å². The van der Waals surface area contributed by atoms with Crippen molar-refractivity contribution in [3.63, 3.8) is 0 Å². The van der Waals surface area contributed by atoms with E-state index in [0.29, 0.717) is 11.4 Å². The molecule has 0 fully saturated rings. The number of hydrogen-bond donors (Lipinski definition) is 2. The molecule has 2 aromatic heterocycles. The van der Waals surface area contributed by atoms with Crippen molar-refractivity contribution in [2.24, 2.45) is 14.1 Å². The van der Waals surface area contributed by atoms with Gasteiger partial charge in [0.25, 0.3) is 11.8 Å². The van der Waals surface area contributed by atoms with Gasteiger partial charge in [0.2, 0.25) is 0 Å². The van der Waals surface area contributed by atoms with E-state index in [1.165, 1.54) is 0 Å². The first kappa shape index (κ1) is 13.9. The molecular formula is C16H16N4O2. The lowest BCUT2D eigenvalue weighted by molar-refractivity contribution is 0.0838. The Morgan fingerprint density at radius 3 is 2.23 bits per heavy atom. The minimum Gasteiger partial charge on any atom is -0.347 e. The van der Waals surface area contributed by atoms with Crippen LogP contribution in [0.5, 0.6) is 0 Å². The average molecular weight is 296 g/mol. The molecule has 0 radical (unpaired) electrons. The molecule has 0 aliphatic rings. The minimum atomic E-state index is -0.361. The third-order valence-electron chi connectivity index (χ3n) is 3.65. The molecule has 0 spiro atoms. The van der Waals surface area contributed by atoms with Crippen LogP contribution in [-0.2, 0) is 14.1 Å². The summed E-state index contributed by atoms with van der Waals surface area (Å²) in [6.07, 6.45) is 1.76. The Labute approximate surface area is 127 Å². The van der Waals surface area contributed by atoms with Gasteiger partial charge in [0.15, 0.2) is 0 Å². The average Bonchev–Trinajstić information content (AvgIpc) is 3.09. The Bertz CT molecular complexity index is 860. The second kappa shape index (κ2) is 5.40. The van der Waals surface area contributed by atoms with Crippen LogP contribution >= 0.6 is 0 Å². The van der Waals surface area contributed by atoms with Crippen LogP contribution in [0.3, 0.4) is 0 Å². The van der Waals surface area contributed by atoms with E-state index in [1.807, 2.05) is 31.3 Å². The molecule has 2 N–H and O–H groups in total. The van der Waals surface area contributed by atoms with E-state index in [9.17, 15) is 9.59 Å². The third-order valence-corrected chi connectivity index (χ3v) is 3.65. The Hall–Kier alpha value is -3.02. The van der Waals surface area contributed by atoms with E-state index in [2.05, 4.69) is 10.9 Å². The lowest BCUT2D eigenvalue weighted by Gasteiger charge is -2.08. The van der Waals surface area contributed by atoms with Gasteiger partial charge in [-0.05, 0) is 24.3 Å². The fourth-order valence-electron chi connectivity index (χ4n) is 2.45. The SMILES string of the molecule is Cn1cccc1C(=O)NNC(=O)c1cc2ccccc2n1C. The Balaban J connectivity index is 1.75. The molecule has 0 saturated carbocycles. The van der Waals surface area contributed by atoms with Gasteiger partial charge in [-0.2, -0.15) is 0 Å². The number of aryl methyl sites for hydroxylation is 2. The van der Waals surface area contributed by atoms with E-state index in [-0.39, 0.29) is 11.8 Å². The van der Waals surface area contributed by atoms with Crippen molar-refractivity contribution in [3.05, 3.63) is 60.0 Å². The van der Waals surface area contributed by atoms with Crippen LogP contribution in [0, 0.1) is 0 Å². The van der Waals surface area contributed by atoms with Crippen LogP contribution in [0.4, 0.5) is 0 Å². The molecule has 0 aliphatic carbocycles. The fourth-order valence-corrected chi connectivity index (χ4v) is 2.45. The second-order valence-corrected chi connectivity index (χ2v) is 5.06. The first-order chi connectivity index (χ1) is 10.6. The zero-order chi connectivity index (χ0) is 15.7. The maximum absolute atomic E-state index is 12.2. The molecule has 6 nitrogen and oxygen atoms in total. The summed E-state index contributed by atoms with van der Waals surface area (Å²) >= 11 is 0. The Morgan fingerprint density at radius 2 is 1.59 bits per heavy atom. The standard InChI is InChI=1S/C16H16N4O2/c1-19-9-5-8-13(19)15(21)17-18-16(22)14-10-11-6-3-4-7-12(11)20(14)2/h3-10H,1-2H3,(H,17,21)(H,18,22). The second-order valence-electron chi connectivity index (χ2n) is 5.06. The van der Waals surface area contributed by atoms with Gasteiger partial charge in [-0.15, -0.1) is 0 Å². The van der Waals surface area contributed by atoms with E-state index < -0.39 is 0 Å². The number of benzene rings is 1. The number of carbonyl (C=O) groups is 2. The number of amides is 2. The number of hydrazine groups is 1. The lowest BCUT2D eigenvalue weighted by Crippen LogP contribution is -2.42. The van der Waals surface area contributed by atoms with E-state index in [1.54, 1.807) is 40.6 Å². The highest BCUT2D eigenvalue weighted by Gasteiger charge is 2.15. The fraction of sp³-hybridized carbons (Fsp3) is 0.125. The number of nitrogens with zero attached hydrogens (tertiary/aromatic N) is 2. The molecule has 0 unspecified atom stereocenters. The summed E-state index contributed by atoms with van der Waals surface area (Å²) in [6.45, 7) is 0. The Morgan fingerprint density at radius 1 is 0.909 bits per heavy atom. The number of aromatic nitrogens is 2. The van der Waals surface area contributed by atoms with Crippen LogP contribution in [0.25, 0.3) is 10.9 Å². The highest BCUT2D eigenvalue weighted by molar-refractivity contribution is 6.00. The van der Waals surface area contributed by atoms with Crippen LogP contribution in [-0.4, -0.2) is 20.9 Å². The summed E-state index contributed by atoms with van der Waals surface area (Å²) in [5, 5.41) is 0.976. The van der Waals surface area contributed by atoms with Gasteiger partial charge >= 0.3 is 0 Å². The Kier molecular flexibility index (Phi) is 3.42. The molecule has 0 atom stereocenters. The minimum absolute atomic E-state index is 0.360. The van der Waals surface area contributed by atoms with E-state index in [0.717, 1.165) is 10.9 Å². The van der Waals surface area contributed by atoms with Crippen molar-refractivity contribution >= 4 is 22.7 Å². The predicted molar refractivity (Wildman–Crippen MR) is 83.3 cm³/mol. The molecule has 2 heterocycles. The largest absolute Gasteiger partial charge is 0.347 e. The maximum Gasteiger partial charge on any atom is 0.286 e. The highest BCUT2D eigenvalue weighted by atomic mass is 16.2. The van der Waals surface area contributed by atoms with Gasteiger partial charge in [-0.1, -0.05) is 18.2 Å². The van der Waals surface area contributed by atoms with Gasteiger partial charge in [0.05, 0.1) is 0 Å². The van der Waals surface area contributed by atoms with Crippen molar-refractivity contribution in [2.45, 2.75) is 0 Å². The first-order valence-corrected chi connectivity index (χ1v) is 6.84. The van der Waals surface area contributed by atoms with Crippen molar-refractivity contribution in [1.29, 1.82) is 0 Å². The lowest BCUT2D eigenvalue weighted by atomic mass is 10.2. The molecule has 0 aliphatic heterocycles. The highest BCUT2D eigenvalue weighted by Crippen LogP contribution is 2.17. The van der Waals surface area contributed by atoms with Crippen LogP contribution < -0.4 is 10.9 Å². The van der Waals surface area contributed by atoms with Gasteiger partial charge in [-0.3, -0.25) is 20.4 Å². The maximum atomic E-state index is 12.2. The summed E-state index contributed by atoms with van der Waals surface area (Å²) in [7, 11) is 3.58. The molecular weight excluding hydrogens is 280 g/mol. The number of fused-ring (bicyclic) bond motifs is 1. The van der Waals surface area contributed by atoms with Gasteiger partial charge in [0, 0.05) is 31.2 Å². The summed E-state index contributed by atoms with van der Waals surface area (Å²) in [5.41, 5.74) is 6.78. The van der Waals surface area contributed by atoms with Crippen molar-refractivity contribution in [2.75, 3.05) is 0 Å². The smallest absolute Gasteiger partial charge is 0.286 e. The molecule has 3 aromatic rings. The zero-order valence-corrected chi connectivity index (χ0v) is 12.3. The van der Waals surface area contributed by atoms with Crippen LogP contribution in [0.1, 0.15) is 21.0 Å². The van der Waals surface area contributed by atoms with Crippen molar-refractivity contribution < 1.29 is 9.59 Å². The van der Waals surface area contributed by atoms with Crippen molar-refractivity contribution in [3.8, 4) is 0 Å². The normalized spacial score (nSPS) is 10.6. The number of hydrogen-bond acceptors (Lipinski definition) is 2.